The summed E-state index contributed by atoms with van der Waals surface area (Å²) in [6.07, 6.45) is 1.54. The number of epoxide rings is 1. The molecular formula is C13H28O5Si. The predicted molar refractivity (Wildman–Crippen MR) is 75.3 cm³/mol. The van der Waals surface area contributed by atoms with Crippen LogP contribution in [0.15, 0.2) is 0 Å². The Kier molecular flexibility index (Phi) is 8.13. The molecule has 1 saturated heterocycles. The van der Waals surface area contributed by atoms with Gasteiger partial charge in [-0.3, -0.25) is 0 Å². The second-order valence-electron chi connectivity index (χ2n) is 5.31. The summed E-state index contributed by atoms with van der Waals surface area (Å²) in [4.78, 5) is 0. The molecule has 0 N–H and O–H groups in total. The van der Waals surface area contributed by atoms with Crippen LogP contribution in [0.2, 0.25) is 0 Å². The molecule has 0 aromatic carbocycles. The van der Waals surface area contributed by atoms with Gasteiger partial charge in [-0.25, -0.2) is 0 Å². The highest BCUT2D eigenvalue weighted by Gasteiger charge is 2.25. The lowest BCUT2D eigenvalue weighted by atomic mass is 10.3. The van der Waals surface area contributed by atoms with Crippen molar-refractivity contribution < 1.29 is 22.8 Å². The van der Waals surface area contributed by atoms with Gasteiger partial charge in [-0.1, -0.05) is 6.92 Å². The molecule has 2 atom stereocenters. The minimum atomic E-state index is -2.06. The van der Waals surface area contributed by atoms with E-state index in [1.54, 1.807) is 0 Å². The van der Waals surface area contributed by atoms with Crippen LogP contribution in [0.25, 0.3) is 0 Å². The Morgan fingerprint density at radius 3 is 2.16 bits per heavy atom. The van der Waals surface area contributed by atoms with Gasteiger partial charge in [-0.15, -0.1) is 0 Å². The monoisotopic (exact) mass is 292 g/mol. The van der Waals surface area contributed by atoms with E-state index < -0.39 is 9.53 Å². The third-order valence-electron chi connectivity index (χ3n) is 2.56. The summed E-state index contributed by atoms with van der Waals surface area (Å²) >= 11 is 0. The van der Waals surface area contributed by atoms with E-state index in [2.05, 4.69) is 6.92 Å². The molecule has 0 radical (unpaired) electrons. The first kappa shape index (κ1) is 17.1. The third kappa shape index (κ3) is 8.72. The van der Waals surface area contributed by atoms with Crippen molar-refractivity contribution in [2.24, 2.45) is 0 Å². The lowest BCUT2D eigenvalue weighted by Crippen LogP contribution is -2.36. The summed E-state index contributed by atoms with van der Waals surface area (Å²) in [6, 6.07) is 0. The largest absolute Gasteiger partial charge is 0.484 e. The minimum absolute atomic E-state index is 0.0886. The fraction of sp³-hybridized carbons (Fsp3) is 1.00. The molecule has 0 aliphatic carbocycles. The summed E-state index contributed by atoms with van der Waals surface area (Å²) in [6.45, 7) is 12.1. The fourth-order valence-electron chi connectivity index (χ4n) is 1.43. The molecule has 0 spiro atoms. The molecule has 0 aromatic heterocycles. The topological polar surface area (TPSA) is 49.5 Å². The van der Waals surface area contributed by atoms with Crippen molar-refractivity contribution in [3.05, 3.63) is 0 Å². The van der Waals surface area contributed by atoms with Crippen LogP contribution in [-0.4, -0.2) is 53.8 Å². The van der Waals surface area contributed by atoms with E-state index in [4.69, 9.17) is 22.8 Å². The van der Waals surface area contributed by atoms with Crippen LogP contribution in [0, 0.1) is 0 Å². The summed E-state index contributed by atoms with van der Waals surface area (Å²) in [7, 11) is -2.06. The molecule has 0 aromatic rings. The first-order chi connectivity index (χ1) is 9.01. The maximum Gasteiger partial charge on any atom is 0.484 e. The minimum Gasteiger partial charge on any atom is -0.373 e. The third-order valence-corrected chi connectivity index (χ3v) is 4.56. The Morgan fingerprint density at radius 1 is 1.16 bits per heavy atom. The zero-order valence-electron chi connectivity index (χ0n) is 12.8. The van der Waals surface area contributed by atoms with Crippen LogP contribution < -0.4 is 0 Å². The van der Waals surface area contributed by atoms with E-state index in [1.807, 2.05) is 27.7 Å². The Morgan fingerprint density at radius 2 is 1.74 bits per heavy atom. The Bertz CT molecular complexity index is 223. The molecule has 1 heterocycles. The molecule has 1 rings (SSSR count). The van der Waals surface area contributed by atoms with Gasteiger partial charge in [0, 0.05) is 12.2 Å². The molecule has 19 heavy (non-hydrogen) atoms. The second kappa shape index (κ2) is 9.04. The van der Waals surface area contributed by atoms with Crippen LogP contribution in [0.4, 0.5) is 0 Å². The van der Waals surface area contributed by atoms with Crippen LogP contribution in [0.5, 0.6) is 0 Å². The quantitative estimate of drug-likeness (QED) is 0.429. The maximum absolute atomic E-state index is 5.80. The van der Waals surface area contributed by atoms with Crippen molar-refractivity contribution in [2.75, 3.05) is 19.8 Å². The van der Waals surface area contributed by atoms with Crippen molar-refractivity contribution in [3.63, 3.8) is 0 Å². The zero-order chi connectivity index (χ0) is 14.3. The van der Waals surface area contributed by atoms with Crippen molar-refractivity contribution in [1.82, 2.24) is 0 Å². The van der Waals surface area contributed by atoms with Gasteiger partial charge < -0.3 is 22.8 Å². The van der Waals surface area contributed by atoms with Crippen molar-refractivity contribution in [3.8, 4) is 0 Å². The Hall–Kier alpha value is 0.0169. The molecule has 1 fully saturated rings. The molecule has 6 heteroatoms. The van der Waals surface area contributed by atoms with E-state index in [1.165, 1.54) is 0 Å². The molecule has 0 amide bonds. The van der Waals surface area contributed by atoms with Gasteiger partial charge in [0.2, 0.25) is 0 Å². The van der Waals surface area contributed by atoms with E-state index >= 15 is 0 Å². The van der Waals surface area contributed by atoms with E-state index in [-0.39, 0.29) is 18.3 Å². The van der Waals surface area contributed by atoms with Gasteiger partial charge in [0.15, 0.2) is 0 Å². The number of hydrogen-bond donors (Lipinski definition) is 0. The average molecular weight is 292 g/mol. The molecular weight excluding hydrogens is 264 g/mol. The summed E-state index contributed by atoms with van der Waals surface area (Å²) in [5.41, 5.74) is 0. The van der Waals surface area contributed by atoms with Crippen LogP contribution >= 0.6 is 0 Å². The lowest BCUT2D eigenvalue weighted by Gasteiger charge is -2.23. The van der Waals surface area contributed by atoms with Gasteiger partial charge in [0.25, 0.3) is 0 Å². The van der Waals surface area contributed by atoms with Crippen molar-refractivity contribution >= 4 is 9.53 Å². The molecule has 5 nitrogen and oxygen atoms in total. The maximum atomic E-state index is 5.80. The molecule has 1 aliphatic heterocycles. The highest BCUT2D eigenvalue weighted by molar-refractivity contribution is 6.36. The van der Waals surface area contributed by atoms with Gasteiger partial charge >= 0.3 is 9.53 Å². The molecule has 1 aliphatic rings. The average Bonchev–Trinajstić information content (AvgIpc) is 3.11. The molecule has 2 unspecified atom stereocenters. The summed E-state index contributed by atoms with van der Waals surface area (Å²) in [5.74, 6) is 0. The lowest BCUT2D eigenvalue weighted by molar-refractivity contribution is -0.0188. The highest BCUT2D eigenvalue weighted by Crippen LogP contribution is 2.12. The summed E-state index contributed by atoms with van der Waals surface area (Å²) in [5, 5.41) is 0. The molecule has 0 bridgehead atoms. The highest BCUT2D eigenvalue weighted by atomic mass is 28.3. The SMILES string of the molecule is CCC(CO[SiH](OC(C)C)OC(C)C)OCC1CO1. The zero-order valence-corrected chi connectivity index (χ0v) is 13.9. The smallest absolute Gasteiger partial charge is 0.373 e. The summed E-state index contributed by atoms with van der Waals surface area (Å²) < 4.78 is 28.1. The van der Waals surface area contributed by atoms with Gasteiger partial charge in [-0.2, -0.15) is 0 Å². The molecule has 114 valence electrons. The number of rotatable bonds is 11. The van der Waals surface area contributed by atoms with Crippen LogP contribution in [0.3, 0.4) is 0 Å². The van der Waals surface area contributed by atoms with Gasteiger partial charge in [0.05, 0.1) is 25.9 Å². The van der Waals surface area contributed by atoms with E-state index in [0.717, 1.165) is 13.0 Å². The fourth-order valence-corrected chi connectivity index (χ4v) is 2.91. The first-order valence-electron chi connectivity index (χ1n) is 7.17. The van der Waals surface area contributed by atoms with Gasteiger partial charge in [0.1, 0.15) is 6.10 Å². The van der Waals surface area contributed by atoms with Crippen molar-refractivity contribution in [2.45, 2.75) is 65.5 Å². The van der Waals surface area contributed by atoms with E-state index in [9.17, 15) is 0 Å². The van der Waals surface area contributed by atoms with Crippen LogP contribution in [0.1, 0.15) is 41.0 Å². The van der Waals surface area contributed by atoms with Gasteiger partial charge in [-0.05, 0) is 34.1 Å². The van der Waals surface area contributed by atoms with Crippen molar-refractivity contribution in [1.29, 1.82) is 0 Å². The second-order valence-corrected chi connectivity index (χ2v) is 6.77. The number of hydrogen-bond acceptors (Lipinski definition) is 5. The van der Waals surface area contributed by atoms with E-state index in [0.29, 0.717) is 19.3 Å². The standard InChI is InChI=1S/C13H28O5Si/c1-6-12(14-7-13-8-15-13)9-16-19(17-10(2)3)18-11(4)5/h10-13,19H,6-9H2,1-5H3. The predicted octanol–water partition coefficient (Wildman–Crippen LogP) is 1.76. The van der Waals surface area contributed by atoms with Crippen LogP contribution in [-0.2, 0) is 22.8 Å². The normalized spacial score (nSPS) is 20.5. The number of ether oxygens (including phenoxy) is 2. The Labute approximate surface area is 118 Å². The Balaban J connectivity index is 2.25. The first-order valence-corrected chi connectivity index (χ1v) is 8.58. The molecule has 0 saturated carbocycles.